The maximum Gasteiger partial charge on any atom is 0.133 e. The fourth-order valence-electron chi connectivity index (χ4n) is 2.71. The molecule has 0 amide bonds. The molecule has 3 rings (SSSR count). The molecule has 0 saturated carbocycles. The van der Waals surface area contributed by atoms with Crippen LogP contribution in [0.4, 0.5) is 5.69 Å². The molecule has 0 aliphatic heterocycles. The lowest BCUT2D eigenvalue weighted by Crippen LogP contribution is -2.23. The van der Waals surface area contributed by atoms with Crippen molar-refractivity contribution >= 4 is 28.3 Å². The van der Waals surface area contributed by atoms with E-state index in [4.69, 9.17) is 16.2 Å². The van der Waals surface area contributed by atoms with Crippen molar-refractivity contribution in [3.8, 4) is 6.07 Å². The van der Waals surface area contributed by atoms with Crippen molar-refractivity contribution in [2.75, 3.05) is 5.32 Å². The summed E-state index contributed by atoms with van der Waals surface area (Å²) in [4.78, 5) is 3.00. The average Bonchev–Trinajstić information content (AvgIpc) is 2.66. The number of aromatic amines is 1. The van der Waals surface area contributed by atoms with E-state index in [2.05, 4.69) is 21.7 Å². The predicted octanol–water partition coefficient (Wildman–Crippen LogP) is 3.04. The number of pyridine rings is 1. The highest BCUT2D eigenvalue weighted by atomic mass is 14.9. The molecular weight excluding hydrogens is 338 g/mol. The Morgan fingerprint density at radius 2 is 1.93 bits per heavy atom. The van der Waals surface area contributed by atoms with Gasteiger partial charge in [-0.05, 0) is 48.2 Å². The molecule has 0 aliphatic rings. The quantitative estimate of drug-likeness (QED) is 0.316. The summed E-state index contributed by atoms with van der Waals surface area (Å²) in [6.07, 6.45) is 0. The number of benzene rings is 2. The Hall–Kier alpha value is -3.92. The molecule has 1 aromatic heterocycles. The zero-order valence-corrected chi connectivity index (χ0v) is 14.8. The smallest absolute Gasteiger partial charge is 0.133 e. The van der Waals surface area contributed by atoms with Gasteiger partial charge in [-0.3, -0.25) is 16.2 Å². The minimum atomic E-state index is 0.0414. The summed E-state index contributed by atoms with van der Waals surface area (Å²) in [7, 11) is 0. The second-order valence-electron chi connectivity index (χ2n) is 6.12. The number of hydrogen-bond donors (Lipinski definition) is 6. The number of nitrogens with zero attached hydrogens (tertiary/aromatic N) is 1. The number of amidine groups is 2. The highest BCUT2D eigenvalue weighted by molar-refractivity contribution is 6.07. The number of nitrogens with one attached hydrogen (secondary N) is 6. The van der Waals surface area contributed by atoms with Crippen molar-refractivity contribution in [2.24, 2.45) is 0 Å². The Morgan fingerprint density at radius 1 is 1.15 bits per heavy atom. The third kappa shape index (κ3) is 4.02. The zero-order chi connectivity index (χ0) is 19.4. The van der Waals surface area contributed by atoms with Crippen LogP contribution in [0.5, 0.6) is 0 Å². The van der Waals surface area contributed by atoms with Crippen LogP contribution in [0, 0.1) is 27.6 Å². The van der Waals surface area contributed by atoms with Gasteiger partial charge in [0, 0.05) is 12.1 Å². The van der Waals surface area contributed by atoms with Gasteiger partial charge in [0.15, 0.2) is 0 Å². The minimum Gasteiger partial charge on any atom is -0.370 e. The van der Waals surface area contributed by atoms with Crippen LogP contribution in [0.2, 0.25) is 0 Å². The highest BCUT2D eigenvalue weighted by Crippen LogP contribution is 2.17. The zero-order valence-electron chi connectivity index (χ0n) is 14.8. The van der Waals surface area contributed by atoms with Crippen molar-refractivity contribution in [3.05, 3.63) is 70.7 Å². The van der Waals surface area contributed by atoms with Gasteiger partial charge in [0.1, 0.15) is 17.4 Å². The molecule has 2 aromatic carbocycles. The normalized spacial score (nSPS) is 10.2. The van der Waals surface area contributed by atoms with Gasteiger partial charge in [-0.1, -0.05) is 18.2 Å². The molecule has 0 fully saturated rings. The van der Waals surface area contributed by atoms with Gasteiger partial charge in [-0.15, -0.1) is 0 Å². The van der Waals surface area contributed by atoms with Crippen LogP contribution in [0.15, 0.2) is 48.5 Å². The number of rotatable bonds is 4. The van der Waals surface area contributed by atoms with Crippen LogP contribution < -0.4 is 16.1 Å². The molecule has 0 spiro atoms. The van der Waals surface area contributed by atoms with Crippen LogP contribution in [0.25, 0.3) is 10.9 Å². The number of aromatic nitrogens is 1. The van der Waals surface area contributed by atoms with Crippen molar-refractivity contribution in [2.45, 2.75) is 13.5 Å². The van der Waals surface area contributed by atoms with Crippen molar-refractivity contribution in [3.63, 3.8) is 0 Å². The van der Waals surface area contributed by atoms with Crippen LogP contribution >= 0.6 is 0 Å². The molecule has 0 atom stereocenters. The Morgan fingerprint density at radius 3 is 2.67 bits per heavy atom. The second-order valence-corrected chi connectivity index (χ2v) is 6.12. The number of fused-ring (bicyclic) bond motifs is 1. The maximum absolute atomic E-state index is 9.19. The topological polar surface area (TPSA) is 135 Å². The first-order chi connectivity index (χ1) is 13.0. The Bertz CT molecular complexity index is 1140. The summed E-state index contributed by atoms with van der Waals surface area (Å²) >= 11 is 0. The van der Waals surface area contributed by atoms with E-state index in [1.165, 1.54) is 0 Å². The first kappa shape index (κ1) is 17.9. The summed E-state index contributed by atoms with van der Waals surface area (Å²) in [5, 5.41) is 40.0. The third-order valence-corrected chi connectivity index (χ3v) is 4.08. The Kier molecular flexibility index (Phi) is 4.99. The average molecular weight is 357 g/mol. The second kappa shape index (κ2) is 7.54. The molecule has 7 heteroatoms. The van der Waals surface area contributed by atoms with E-state index in [1.807, 2.05) is 18.2 Å². The molecule has 27 heavy (non-hydrogen) atoms. The van der Waals surface area contributed by atoms with Gasteiger partial charge in [0.25, 0.3) is 0 Å². The number of hydrogen-bond acceptors (Lipinski definition) is 4. The molecule has 0 bridgehead atoms. The molecule has 0 unspecified atom stereocenters. The number of nitriles is 1. The van der Waals surface area contributed by atoms with E-state index in [1.54, 1.807) is 37.3 Å². The summed E-state index contributed by atoms with van der Waals surface area (Å²) in [5.41, 5.74) is 3.29. The van der Waals surface area contributed by atoms with Crippen molar-refractivity contribution < 1.29 is 0 Å². The minimum absolute atomic E-state index is 0.0414. The molecule has 0 radical (unpaired) electrons. The first-order valence-electron chi connectivity index (χ1n) is 8.32. The van der Waals surface area contributed by atoms with Crippen LogP contribution in [0.3, 0.4) is 0 Å². The van der Waals surface area contributed by atoms with E-state index in [-0.39, 0.29) is 11.3 Å². The molecule has 7 nitrogen and oxygen atoms in total. The standard InChI is InChI=1S/C20H19N7/c1-12(22)25-11-13-6-7-18-15(8-13)9-16(20(24)27-18)19(23)26-17-5-3-2-4-14(17)10-21/h2-9H,11H2,1H3,(H2,22,25)(H2,23,26)(H2,24,27). The van der Waals surface area contributed by atoms with Gasteiger partial charge in [0.2, 0.25) is 0 Å². The Balaban J connectivity index is 1.94. The van der Waals surface area contributed by atoms with Gasteiger partial charge < -0.3 is 15.6 Å². The fraction of sp³-hybridized carbons (Fsp3) is 0.100. The van der Waals surface area contributed by atoms with Gasteiger partial charge in [0.05, 0.1) is 22.6 Å². The van der Waals surface area contributed by atoms with E-state index < -0.39 is 0 Å². The number of H-pyrrole nitrogens is 1. The molecule has 1 heterocycles. The SMILES string of the molecule is CC(=N)NCc1ccc2[nH]c(=N)c(C(=N)Nc3ccccc3C#N)cc2c1. The lowest BCUT2D eigenvalue weighted by molar-refractivity contribution is 0.903. The van der Waals surface area contributed by atoms with E-state index in [9.17, 15) is 5.26 Å². The summed E-state index contributed by atoms with van der Waals surface area (Å²) in [5.74, 6) is 0.436. The van der Waals surface area contributed by atoms with Crippen LogP contribution in [0.1, 0.15) is 23.6 Å². The summed E-state index contributed by atoms with van der Waals surface area (Å²) in [6.45, 7) is 2.22. The molecule has 3 aromatic rings. The largest absolute Gasteiger partial charge is 0.370 e. The summed E-state index contributed by atoms with van der Waals surface area (Å²) < 4.78 is 0. The van der Waals surface area contributed by atoms with Gasteiger partial charge in [-0.25, -0.2) is 0 Å². The molecular formula is C20H19N7. The van der Waals surface area contributed by atoms with Gasteiger partial charge >= 0.3 is 0 Å². The first-order valence-corrected chi connectivity index (χ1v) is 8.32. The van der Waals surface area contributed by atoms with E-state index in [0.717, 1.165) is 16.5 Å². The molecule has 6 N–H and O–H groups in total. The Labute approximate surface area is 156 Å². The van der Waals surface area contributed by atoms with Crippen LogP contribution in [-0.2, 0) is 6.54 Å². The number of anilines is 1. The van der Waals surface area contributed by atoms with E-state index >= 15 is 0 Å². The summed E-state index contributed by atoms with van der Waals surface area (Å²) in [6, 6.07) is 16.6. The lowest BCUT2D eigenvalue weighted by Gasteiger charge is -2.11. The van der Waals surface area contributed by atoms with Crippen molar-refractivity contribution in [1.82, 2.24) is 10.3 Å². The number of para-hydroxylation sites is 1. The molecule has 0 aliphatic carbocycles. The maximum atomic E-state index is 9.19. The lowest BCUT2D eigenvalue weighted by atomic mass is 10.1. The monoisotopic (exact) mass is 357 g/mol. The predicted molar refractivity (Wildman–Crippen MR) is 106 cm³/mol. The van der Waals surface area contributed by atoms with Gasteiger partial charge in [-0.2, -0.15) is 5.26 Å². The molecule has 134 valence electrons. The van der Waals surface area contributed by atoms with Crippen molar-refractivity contribution in [1.29, 1.82) is 21.5 Å². The molecule has 0 saturated heterocycles. The highest BCUT2D eigenvalue weighted by Gasteiger charge is 2.09. The fourth-order valence-corrected chi connectivity index (χ4v) is 2.71. The van der Waals surface area contributed by atoms with E-state index in [0.29, 0.717) is 29.2 Å². The third-order valence-electron chi connectivity index (χ3n) is 4.08. The van der Waals surface area contributed by atoms with Crippen LogP contribution in [-0.4, -0.2) is 16.7 Å².